The van der Waals surface area contributed by atoms with Crippen LogP contribution < -0.4 is 14.8 Å². The van der Waals surface area contributed by atoms with Crippen molar-refractivity contribution in [3.8, 4) is 11.5 Å². The predicted molar refractivity (Wildman–Crippen MR) is 148 cm³/mol. The van der Waals surface area contributed by atoms with Crippen LogP contribution in [0.2, 0.25) is 0 Å². The summed E-state index contributed by atoms with van der Waals surface area (Å²) in [7, 11) is 1.40. The molecule has 1 saturated heterocycles. The van der Waals surface area contributed by atoms with Crippen LogP contribution in [0.15, 0.2) is 72.9 Å². The second kappa shape index (κ2) is 14.3. The molecule has 0 saturated carbocycles. The molecule has 10 nitrogen and oxygen atoms in total. The van der Waals surface area contributed by atoms with Gasteiger partial charge in [0.1, 0.15) is 6.10 Å². The first kappa shape index (κ1) is 29.5. The molecule has 216 valence electrons. The summed E-state index contributed by atoms with van der Waals surface area (Å²) in [4.78, 5) is 41.9. The average Bonchev–Trinajstić information content (AvgIpc) is 3.02. The van der Waals surface area contributed by atoms with E-state index in [1.165, 1.54) is 26.3 Å². The van der Waals surface area contributed by atoms with Crippen LogP contribution in [-0.2, 0) is 30.2 Å². The molecule has 1 fully saturated rings. The van der Waals surface area contributed by atoms with Gasteiger partial charge in [-0.1, -0.05) is 60.7 Å². The lowest BCUT2D eigenvalue weighted by molar-refractivity contribution is -0.152. The number of carbonyl (C=O) groups excluding carboxylic acids is 3. The van der Waals surface area contributed by atoms with E-state index in [0.717, 1.165) is 17.5 Å². The largest absolute Gasteiger partial charge is 0.493 e. The Kier molecular flexibility index (Phi) is 10.3. The maximum Gasteiger partial charge on any atom is 0.331 e. The summed E-state index contributed by atoms with van der Waals surface area (Å²) in [5, 5.41) is 2.67. The molecule has 2 heterocycles. The summed E-state index contributed by atoms with van der Waals surface area (Å²) in [5.74, 6) is -1.87. The Hall–Kier alpha value is -4.44. The van der Waals surface area contributed by atoms with E-state index < -0.39 is 36.8 Å². The highest BCUT2D eigenvalue weighted by Gasteiger charge is 2.36. The van der Waals surface area contributed by atoms with Gasteiger partial charge in [-0.05, 0) is 30.4 Å². The van der Waals surface area contributed by atoms with Crippen LogP contribution in [0.25, 0.3) is 0 Å². The third-order valence-corrected chi connectivity index (χ3v) is 6.82. The summed E-state index contributed by atoms with van der Waals surface area (Å²) >= 11 is 0. The molecule has 0 unspecified atom stereocenters. The molecule has 3 aromatic rings. The molecule has 0 spiro atoms. The van der Waals surface area contributed by atoms with E-state index in [0.29, 0.717) is 6.61 Å². The topological polar surface area (TPSA) is 122 Å². The zero-order chi connectivity index (χ0) is 29.2. The summed E-state index contributed by atoms with van der Waals surface area (Å²) < 4.78 is 27.6. The third kappa shape index (κ3) is 7.82. The molecule has 1 N–H and O–H groups in total. The monoisotopic (exact) mass is 562 g/mol. The SMILES string of the molecule is COc1ccnc(C(=O)N[C@H]2COC[C@H](Cc3ccccc3)[C@@H](c3ccccc3)[C@H](C)OC2=O)c1OCOC(C)=O. The Balaban J connectivity index is 1.55. The summed E-state index contributed by atoms with van der Waals surface area (Å²) in [6.45, 7) is 2.89. The molecule has 0 bridgehead atoms. The highest BCUT2D eigenvalue weighted by atomic mass is 16.7. The van der Waals surface area contributed by atoms with Crippen molar-refractivity contribution in [1.82, 2.24) is 10.3 Å². The molecule has 41 heavy (non-hydrogen) atoms. The summed E-state index contributed by atoms with van der Waals surface area (Å²) in [6, 6.07) is 20.4. The molecule has 0 radical (unpaired) electrons. The number of pyridine rings is 1. The van der Waals surface area contributed by atoms with Crippen LogP contribution in [0.5, 0.6) is 11.5 Å². The highest BCUT2D eigenvalue weighted by Crippen LogP contribution is 2.34. The number of hydrogen-bond donors (Lipinski definition) is 1. The lowest BCUT2D eigenvalue weighted by atomic mass is 9.79. The van der Waals surface area contributed by atoms with Gasteiger partial charge < -0.3 is 29.0 Å². The van der Waals surface area contributed by atoms with Crippen molar-refractivity contribution in [2.45, 2.75) is 38.3 Å². The minimum Gasteiger partial charge on any atom is -0.493 e. The third-order valence-electron chi connectivity index (χ3n) is 6.82. The normalized spacial score (nSPS) is 20.9. The number of carbonyl (C=O) groups is 3. The van der Waals surface area contributed by atoms with E-state index in [1.807, 2.05) is 55.5 Å². The molecular weight excluding hydrogens is 528 g/mol. The number of esters is 2. The van der Waals surface area contributed by atoms with Crippen molar-refractivity contribution in [3.63, 3.8) is 0 Å². The molecule has 4 atom stereocenters. The van der Waals surface area contributed by atoms with Gasteiger partial charge in [-0.3, -0.25) is 9.59 Å². The Bertz CT molecular complexity index is 1320. The number of benzene rings is 2. The van der Waals surface area contributed by atoms with Gasteiger partial charge in [0.15, 0.2) is 23.2 Å². The molecule has 1 aliphatic heterocycles. The van der Waals surface area contributed by atoms with E-state index >= 15 is 0 Å². The molecular formula is C31H34N2O8. The van der Waals surface area contributed by atoms with E-state index in [2.05, 4.69) is 22.4 Å². The van der Waals surface area contributed by atoms with Gasteiger partial charge in [-0.2, -0.15) is 0 Å². The number of hydrogen-bond acceptors (Lipinski definition) is 9. The number of methoxy groups -OCH3 is 1. The Morgan fingerprint density at radius 3 is 2.41 bits per heavy atom. The molecule has 10 heteroatoms. The average molecular weight is 563 g/mol. The van der Waals surface area contributed by atoms with E-state index in [9.17, 15) is 14.4 Å². The smallest absolute Gasteiger partial charge is 0.331 e. The first-order valence-electron chi connectivity index (χ1n) is 13.3. The van der Waals surface area contributed by atoms with E-state index in [1.54, 1.807) is 0 Å². The number of cyclic esters (lactones) is 1. The van der Waals surface area contributed by atoms with Gasteiger partial charge in [0.25, 0.3) is 5.91 Å². The Morgan fingerprint density at radius 2 is 1.73 bits per heavy atom. The van der Waals surface area contributed by atoms with Crippen LogP contribution in [0, 0.1) is 5.92 Å². The Labute approximate surface area is 238 Å². The molecule has 0 aliphatic carbocycles. The summed E-state index contributed by atoms with van der Waals surface area (Å²) in [5.41, 5.74) is 2.03. The second-order valence-electron chi connectivity index (χ2n) is 9.68. The molecule has 1 aliphatic rings. The van der Waals surface area contributed by atoms with Gasteiger partial charge in [-0.25, -0.2) is 9.78 Å². The van der Waals surface area contributed by atoms with Gasteiger partial charge in [0.2, 0.25) is 6.79 Å². The number of nitrogens with zero attached hydrogens (tertiary/aromatic N) is 1. The van der Waals surface area contributed by atoms with Gasteiger partial charge in [-0.15, -0.1) is 0 Å². The van der Waals surface area contributed by atoms with Gasteiger partial charge in [0, 0.05) is 25.1 Å². The van der Waals surface area contributed by atoms with Crippen molar-refractivity contribution < 1.29 is 38.1 Å². The maximum absolute atomic E-state index is 13.3. The van der Waals surface area contributed by atoms with Crippen LogP contribution in [-0.4, -0.2) is 62.1 Å². The minimum absolute atomic E-state index is 0.00150. The number of aromatic nitrogens is 1. The fourth-order valence-electron chi connectivity index (χ4n) is 4.94. The van der Waals surface area contributed by atoms with E-state index in [4.69, 9.17) is 23.7 Å². The number of ether oxygens (including phenoxy) is 5. The molecule has 2 aromatic carbocycles. The number of nitrogens with one attached hydrogen (secondary N) is 1. The fraction of sp³-hybridized carbons (Fsp3) is 0.355. The predicted octanol–water partition coefficient (Wildman–Crippen LogP) is 3.69. The minimum atomic E-state index is -1.11. The number of amides is 1. The van der Waals surface area contributed by atoms with Crippen molar-refractivity contribution in [1.29, 1.82) is 0 Å². The highest BCUT2D eigenvalue weighted by molar-refractivity contribution is 5.98. The fourth-order valence-corrected chi connectivity index (χ4v) is 4.94. The van der Waals surface area contributed by atoms with Gasteiger partial charge in [0.05, 0.1) is 20.3 Å². The molecule has 4 rings (SSSR count). The Morgan fingerprint density at radius 1 is 1.02 bits per heavy atom. The first-order valence-corrected chi connectivity index (χ1v) is 13.3. The lowest BCUT2D eigenvalue weighted by Gasteiger charge is -2.31. The summed E-state index contributed by atoms with van der Waals surface area (Å²) in [6.07, 6.45) is 1.58. The van der Waals surface area contributed by atoms with Crippen molar-refractivity contribution in [2.75, 3.05) is 27.1 Å². The quantitative estimate of drug-likeness (QED) is 0.307. The van der Waals surface area contributed by atoms with Crippen molar-refractivity contribution in [3.05, 3.63) is 89.7 Å². The first-order chi connectivity index (χ1) is 19.9. The zero-order valence-electron chi connectivity index (χ0n) is 23.3. The van der Waals surface area contributed by atoms with E-state index in [-0.39, 0.29) is 35.6 Å². The molecule has 1 aromatic heterocycles. The van der Waals surface area contributed by atoms with Crippen molar-refractivity contribution in [2.24, 2.45) is 5.92 Å². The van der Waals surface area contributed by atoms with Crippen LogP contribution in [0.4, 0.5) is 0 Å². The molecule has 1 amide bonds. The second-order valence-corrected chi connectivity index (χ2v) is 9.68. The maximum atomic E-state index is 13.3. The van der Waals surface area contributed by atoms with Crippen LogP contribution in [0.1, 0.15) is 41.4 Å². The zero-order valence-corrected chi connectivity index (χ0v) is 23.3. The number of rotatable bonds is 9. The van der Waals surface area contributed by atoms with Crippen molar-refractivity contribution >= 4 is 17.8 Å². The van der Waals surface area contributed by atoms with Crippen LogP contribution in [0.3, 0.4) is 0 Å². The standard InChI is InChI=1S/C31H34N2O8/c1-20-27(23-12-8-5-9-13-23)24(16-22-10-6-4-7-11-22)17-38-18-25(31(36)41-20)33-30(35)28-29(40-19-39-21(2)34)26(37-3)14-15-32-28/h4-15,20,24-25,27H,16-19H2,1-3H3,(H,33,35)/t20-,24-,25-,27+/m0/s1. The van der Waals surface area contributed by atoms with Gasteiger partial charge >= 0.3 is 11.9 Å². The lowest BCUT2D eigenvalue weighted by Crippen LogP contribution is -2.46. The van der Waals surface area contributed by atoms with Crippen LogP contribution >= 0.6 is 0 Å².